The van der Waals surface area contributed by atoms with Crippen LogP contribution in [0.2, 0.25) is 0 Å². The average molecular weight is 330 g/mol. The molecule has 0 amide bonds. The largest absolute Gasteiger partial charge is 0.478 e. The lowest BCUT2D eigenvalue weighted by Crippen LogP contribution is -2.03. The maximum absolute atomic E-state index is 11.1. The Morgan fingerprint density at radius 1 is 1.16 bits per heavy atom. The summed E-state index contributed by atoms with van der Waals surface area (Å²) in [4.78, 5) is 11.1. The van der Waals surface area contributed by atoms with Gasteiger partial charge in [-0.25, -0.2) is 4.79 Å². The van der Waals surface area contributed by atoms with E-state index in [1.807, 2.05) is 0 Å². The van der Waals surface area contributed by atoms with Crippen LogP contribution in [0.1, 0.15) is 16.1 Å². The smallest absolute Gasteiger partial charge is 0.335 e. The molecule has 0 saturated heterocycles. The van der Waals surface area contributed by atoms with Crippen LogP contribution in [0.3, 0.4) is 0 Å². The molecule has 0 bridgehead atoms. The van der Waals surface area contributed by atoms with Gasteiger partial charge < -0.3 is 15.3 Å². The molecule has 120 valence electrons. The van der Waals surface area contributed by atoms with Gasteiger partial charge in [0.15, 0.2) is 5.57 Å². The summed E-state index contributed by atoms with van der Waals surface area (Å²) in [6, 6.07) is 14.3. The zero-order valence-electron chi connectivity index (χ0n) is 12.7. The first-order valence-electron chi connectivity index (χ1n) is 6.85. The molecule has 1 aromatic heterocycles. The Balaban J connectivity index is 2.52. The van der Waals surface area contributed by atoms with Gasteiger partial charge in [0.1, 0.15) is 23.7 Å². The molecule has 1 heterocycles. The highest BCUT2D eigenvalue weighted by molar-refractivity contribution is 5.89. The van der Waals surface area contributed by atoms with Gasteiger partial charge in [-0.1, -0.05) is 12.1 Å². The van der Waals surface area contributed by atoms with Crippen molar-refractivity contribution >= 4 is 11.5 Å². The molecule has 7 nitrogen and oxygen atoms in total. The van der Waals surface area contributed by atoms with Crippen LogP contribution in [-0.2, 0) is 0 Å². The molecule has 2 aromatic rings. The third kappa shape index (κ3) is 3.56. The highest BCUT2D eigenvalue weighted by Gasteiger charge is 2.16. The predicted octanol–water partition coefficient (Wildman–Crippen LogP) is 2.81. The van der Waals surface area contributed by atoms with Gasteiger partial charge >= 0.3 is 5.97 Å². The van der Waals surface area contributed by atoms with Crippen LogP contribution in [0.5, 0.6) is 0 Å². The Kier molecular flexibility index (Phi) is 5.00. The number of hydrogen-bond acceptors (Lipinski definition) is 6. The van der Waals surface area contributed by atoms with E-state index in [2.05, 4.69) is 0 Å². The molecule has 1 aromatic carbocycles. The second-order valence-corrected chi connectivity index (χ2v) is 4.75. The molecule has 0 radical (unpaired) electrons. The summed E-state index contributed by atoms with van der Waals surface area (Å²) in [7, 11) is 0. The van der Waals surface area contributed by atoms with Crippen molar-refractivity contribution in [2.24, 2.45) is 5.73 Å². The number of hydrogen-bond donors (Lipinski definition) is 2. The molecule has 0 aliphatic rings. The van der Waals surface area contributed by atoms with Crippen LogP contribution in [-0.4, -0.2) is 11.1 Å². The lowest BCUT2D eigenvalue weighted by Gasteiger charge is -2.04. The first kappa shape index (κ1) is 17.1. The lowest BCUT2D eigenvalue weighted by molar-refractivity contribution is 0.0697. The summed E-state index contributed by atoms with van der Waals surface area (Å²) in [5, 5.41) is 35.8. The van der Waals surface area contributed by atoms with Gasteiger partial charge in [0, 0.05) is 11.6 Å². The summed E-state index contributed by atoms with van der Waals surface area (Å²) in [6.45, 7) is 0. The van der Waals surface area contributed by atoms with Crippen molar-refractivity contribution in [3.8, 4) is 29.5 Å². The highest BCUT2D eigenvalue weighted by Crippen LogP contribution is 2.29. The van der Waals surface area contributed by atoms with Gasteiger partial charge in [-0.15, -0.1) is 0 Å². The van der Waals surface area contributed by atoms with Crippen LogP contribution in [0.15, 0.2) is 58.2 Å². The van der Waals surface area contributed by atoms with Crippen molar-refractivity contribution in [1.82, 2.24) is 0 Å². The second kappa shape index (κ2) is 7.32. The van der Waals surface area contributed by atoms with E-state index in [9.17, 15) is 4.79 Å². The summed E-state index contributed by atoms with van der Waals surface area (Å²) >= 11 is 0. The van der Waals surface area contributed by atoms with Crippen molar-refractivity contribution in [3.63, 3.8) is 0 Å². The Morgan fingerprint density at radius 2 is 1.88 bits per heavy atom. The molecule has 3 N–H and O–H groups in total. The van der Waals surface area contributed by atoms with Crippen molar-refractivity contribution in [2.75, 3.05) is 0 Å². The quantitative estimate of drug-likeness (QED) is 0.646. The standard InChI is InChI=1S/C18H10N4O3/c19-7-6-14(17(22)13(9-20)10-21)16-5-4-15(25-16)11-2-1-3-12(8-11)18(23)24/h1-6,8H,22H2,(H,23,24)/b14-6-. The monoisotopic (exact) mass is 330 g/mol. The Hall–Kier alpha value is -4.28. The molecule has 7 heteroatoms. The molecule has 2 rings (SSSR count). The fourth-order valence-corrected chi connectivity index (χ4v) is 2.07. The maximum Gasteiger partial charge on any atom is 0.335 e. The molecule has 0 fully saturated rings. The minimum atomic E-state index is -1.07. The van der Waals surface area contributed by atoms with Crippen LogP contribution >= 0.6 is 0 Å². The minimum absolute atomic E-state index is 0.0962. The number of furan rings is 1. The van der Waals surface area contributed by atoms with Gasteiger partial charge in [-0.2, -0.15) is 15.8 Å². The van der Waals surface area contributed by atoms with E-state index in [0.717, 1.165) is 6.08 Å². The van der Waals surface area contributed by atoms with E-state index in [0.29, 0.717) is 11.3 Å². The van der Waals surface area contributed by atoms with Crippen LogP contribution < -0.4 is 5.73 Å². The molecule has 0 spiro atoms. The number of benzene rings is 1. The minimum Gasteiger partial charge on any atom is -0.478 e. The third-order valence-corrected chi connectivity index (χ3v) is 3.26. The fraction of sp³-hybridized carbons (Fsp3) is 0. The van der Waals surface area contributed by atoms with Gasteiger partial charge in [-0.05, 0) is 24.3 Å². The zero-order chi connectivity index (χ0) is 18.4. The average Bonchev–Trinajstić information content (AvgIpc) is 3.10. The maximum atomic E-state index is 11.1. The molecule has 25 heavy (non-hydrogen) atoms. The van der Waals surface area contributed by atoms with Crippen molar-refractivity contribution in [3.05, 3.63) is 65.1 Å². The summed E-state index contributed by atoms with van der Waals surface area (Å²) in [5.74, 6) is -0.540. The van der Waals surface area contributed by atoms with Crippen LogP contribution in [0.25, 0.3) is 16.9 Å². The number of carbonyl (C=O) groups is 1. The normalized spacial score (nSPS) is 10.2. The summed E-state index contributed by atoms with van der Waals surface area (Å²) in [5.41, 5.74) is 5.99. The Morgan fingerprint density at radius 3 is 2.48 bits per heavy atom. The first-order chi connectivity index (χ1) is 12.0. The van der Waals surface area contributed by atoms with Gasteiger partial charge in [0.05, 0.1) is 22.9 Å². The van der Waals surface area contributed by atoms with Gasteiger partial charge in [0.2, 0.25) is 0 Å². The van der Waals surface area contributed by atoms with Crippen LogP contribution in [0, 0.1) is 34.0 Å². The predicted molar refractivity (Wildman–Crippen MR) is 87.1 cm³/mol. The summed E-state index contributed by atoms with van der Waals surface area (Å²) in [6.07, 6.45) is 1.07. The molecule has 0 aliphatic carbocycles. The number of nitrogens with zero attached hydrogens (tertiary/aromatic N) is 3. The van der Waals surface area contributed by atoms with E-state index >= 15 is 0 Å². The van der Waals surface area contributed by atoms with Crippen molar-refractivity contribution in [2.45, 2.75) is 0 Å². The fourth-order valence-electron chi connectivity index (χ4n) is 2.07. The van der Waals surface area contributed by atoms with E-state index < -0.39 is 5.97 Å². The SMILES string of the molecule is N#C/C=C(\C(N)=C(C#N)C#N)c1ccc(-c2cccc(C(=O)O)c2)o1. The zero-order valence-corrected chi connectivity index (χ0v) is 12.7. The number of nitriles is 3. The van der Waals surface area contributed by atoms with Crippen molar-refractivity contribution < 1.29 is 14.3 Å². The number of nitrogens with two attached hydrogens (primary N) is 1. The molecule has 0 unspecified atom stereocenters. The van der Waals surface area contributed by atoms with E-state index in [4.69, 9.17) is 31.0 Å². The number of carboxylic acids is 1. The van der Waals surface area contributed by atoms with E-state index in [-0.39, 0.29) is 28.2 Å². The summed E-state index contributed by atoms with van der Waals surface area (Å²) < 4.78 is 5.63. The van der Waals surface area contributed by atoms with Crippen LogP contribution in [0.4, 0.5) is 0 Å². The van der Waals surface area contributed by atoms with Crippen molar-refractivity contribution in [1.29, 1.82) is 15.8 Å². The number of allylic oxidation sites excluding steroid dienone is 3. The first-order valence-corrected chi connectivity index (χ1v) is 6.85. The number of aromatic carboxylic acids is 1. The number of rotatable bonds is 4. The number of carboxylic acid groups (broad SMARTS) is 1. The topological polar surface area (TPSA) is 148 Å². The third-order valence-electron chi connectivity index (χ3n) is 3.26. The second-order valence-electron chi connectivity index (χ2n) is 4.75. The van der Waals surface area contributed by atoms with E-state index in [1.54, 1.807) is 36.4 Å². The molecule has 0 aliphatic heterocycles. The highest BCUT2D eigenvalue weighted by atomic mass is 16.4. The molecule has 0 atom stereocenters. The van der Waals surface area contributed by atoms with E-state index in [1.165, 1.54) is 18.2 Å². The lowest BCUT2D eigenvalue weighted by atomic mass is 10.1. The molecular weight excluding hydrogens is 320 g/mol. The Labute approximate surface area is 142 Å². The Bertz CT molecular complexity index is 1010. The molecule has 0 saturated carbocycles. The van der Waals surface area contributed by atoms with Gasteiger partial charge in [-0.3, -0.25) is 0 Å². The molecular formula is C18H10N4O3. The van der Waals surface area contributed by atoms with Gasteiger partial charge in [0.25, 0.3) is 0 Å².